The molecule has 2 aromatic rings. The van der Waals surface area contributed by atoms with Gasteiger partial charge in [-0.3, -0.25) is 19.2 Å². The lowest BCUT2D eigenvalue weighted by atomic mass is 10.1. The van der Waals surface area contributed by atoms with Gasteiger partial charge in [0.25, 0.3) is 11.5 Å². The number of carbonyl (C=O) groups is 3. The molecule has 1 aromatic carbocycles. The lowest BCUT2D eigenvalue weighted by molar-refractivity contribution is -0.122. The molecular weight excluding hydrogens is 428 g/mol. The minimum atomic E-state index is -0.622. The summed E-state index contributed by atoms with van der Waals surface area (Å²) in [4.78, 5) is 54.1. The monoisotopic (exact) mass is 454 g/mol. The predicted molar refractivity (Wildman–Crippen MR) is 120 cm³/mol. The number of benzene rings is 1. The Morgan fingerprint density at radius 1 is 1.12 bits per heavy atom. The number of ether oxygens (including phenoxy) is 2. The first-order valence-corrected chi connectivity index (χ1v) is 10.7. The highest BCUT2D eigenvalue weighted by Crippen LogP contribution is 2.27. The maximum absolute atomic E-state index is 12.9. The van der Waals surface area contributed by atoms with E-state index in [0.717, 1.165) is 0 Å². The van der Waals surface area contributed by atoms with Crippen molar-refractivity contribution in [1.29, 1.82) is 0 Å². The zero-order valence-corrected chi connectivity index (χ0v) is 18.6. The number of carbonyl (C=O) groups excluding carboxylic acids is 3. The number of nitrogens with one attached hydrogen (secondary N) is 1. The molecule has 33 heavy (non-hydrogen) atoms. The third-order valence-corrected chi connectivity index (χ3v) is 5.87. The third kappa shape index (κ3) is 4.75. The Morgan fingerprint density at radius 2 is 1.82 bits per heavy atom. The molecule has 0 saturated carbocycles. The van der Waals surface area contributed by atoms with Crippen molar-refractivity contribution < 1.29 is 23.9 Å². The summed E-state index contributed by atoms with van der Waals surface area (Å²) in [7, 11) is 3.09. The van der Waals surface area contributed by atoms with Crippen molar-refractivity contribution in [1.82, 2.24) is 9.47 Å². The van der Waals surface area contributed by atoms with E-state index in [1.165, 1.54) is 23.9 Å². The summed E-state index contributed by atoms with van der Waals surface area (Å²) in [6, 6.07) is 8.41. The number of morpholine rings is 1. The van der Waals surface area contributed by atoms with Gasteiger partial charge in [0, 0.05) is 45.0 Å². The normalized spacial score (nSPS) is 18.4. The molecule has 1 N–H and O–H groups in total. The highest BCUT2D eigenvalue weighted by molar-refractivity contribution is 6.04. The SMILES string of the molecule is COc1ccc(N2CC(C(=O)Nc3cc(C(=O)N4CCOCC4)cn(C)c3=O)CC2=O)cc1. The van der Waals surface area contributed by atoms with Gasteiger partial charge in [-0.25, -0.2) is 0 Å². The molecule has 4 rings (SSSR count). The Hall–Kier alpha value is -3.66. The average molecular weight is 454 g/mol. The average Bonchev–Trinajstić information content (AvgIpc) is 3.23. The summed E-state index contributed by atoms with van der Waals surface area (Å²) in [6.45, 7) is 2.05. The minimum Gasteiger partial charge on any atom is -0.497 e. The van der Waals surface area contributed by atoms with Crippen molar-refractivity contribution in [3.8, 4) is 5.75 Å². The van der Waals surface area contributed by atoms with Crippen molar-refractivity contribution in [2.75, 3.05) is 50.2 Å². The van der Waals surface area contributed by atoms with E-state index < -0.39 is 17.4 Å². The molecule has 2 aliphatic rings. The standard InChI is InChI=1S/C23H26N4O6/c1-25-13-16(22(30)26-7-9-33-10-8-26)11-19(23(25)31)24-21(29)15-12-20(28)27(14-15)17-3-5-18(32-2)6-4-17/h3-6,11,13,15H,7-10,12,14H2,1-2H3,(H,24,29). The van der Waals surface area contributed by atoms with Crippen molar-refractivity contribution in [3.05, 3.63) is 52.4 Å². The summed E-state index contributed by atoms with van der Waals surface area (Å²) < 4.78 is 11.7. The van der Waals surface area contributed by atoms with Crippen LogP contribution < -0.4 is 20.5 Å². The van der Waals surface area contributed by atoms with Crippen LogP contribution in [0.5, 0.6) is 5.75 Å². The van der Waals surface area contributed by atoms with E-state index in [1.807, 2.05) is 0 Å². The molecule has 0 bridgehead atoms. The van der Waals surface area contributed by atoms with Gasteiger partial charge in [0.1, 0.15) is 11.4 Å². The van der Waals surface area contributed by atoms with Crippen LogP contribution in [0.25, 0.3) is 0 Å². The van der Waals surface area contributed by atoms with Crippen molar-refractivity contribution in [2.24, 2.45) is 13.0 Å². The van der Waals surface area contributed by atoms with Crippen LogP contribution in [0.1, 0.15) is 16.8 Å². The highest BCUT2D eigenvalue weighted by Gasteiger charge is 2.35. The summed E-state index contributed by atoms with van der Waals surface area (Å²) in [6.07, 6.45) is 1.49. The van der Waals surface area contributed by atoms with Crippen LogP contribution in [0.2, 0.25) is 0 Å². The fourth-order valence-electron chi connectivity index (χ4n) is 4.00. The first-order valence-electron chi connectivity index (χ1n) is 10.7. The Balaban J connectivity index is 1.48. The van der Waals surface area contributed by atoms with Gasteiger partial charge in [-0.1, -0.05) is 0 Å². The third-order valence-electron chi connectivity index (χ3n) is 5.87. The number of hydrogen-bond acceptors (Lipinski definition) is 6. The van der Waals surface area contributed by atoms with Crippen LogP contribution in [0.3, 0.4) is 0 Å². The topological polar surface area (TPSA) is 110 Å². The smallest absolute Gasteiger partial charge is 0.274 e. The summed E-state index contributed by atoms with van der Waals surface area (Å²) >= 11 is 0. The Labute approximate surface area is 190 Å². The van der Waals surface area contributed by atoms with E-state index in [0.29, 0.717) is 43.3 Å². The minimum absolute atomic E-state index is 0.0111. The number of pyridine rings is 1. The molecule has 3 heterocycles. The van der Waals surface area contributed by atoms with Crippen LogP contribution in [0, 0.1) is 5.92 Å². The molecule has 1 aromatic heterocycles. The number of anilines is 2. The maximum atomic E-state index is 12.9. The van der Waals surface area contributed by atoms with E-state index >= 15 is 0 Å². The summed E-state index contributed by atoms with van der Waals surface area (Å²) in [5.74, 6) is -0.798. The fourth-order valence-corrected chi connectivity index (χ4v) is 4.00. The molecule has 0 aliphatic carbocycles. The van der Waals surface area contributed by atoms with Gasteiger partial charge in [0.05, 0.1) is 31.8 Å². The lowest BCUT2D eigenvalue weighted by Crippen LogP contribution is -2.41. The molecule has 3 amide bonds. The van der Waals surface area contributed by atoms with Crippen LogP contribution in [-0.4, -0.2) is 67.1 Å². The quantitative estimate of drug-likeness (QED) is 0.718. The van der Waals surface area contributed by atoms with Gasteiger partial charge >= 0.3 is 0 Å². The molecule has 174 valence electrons. The van der Waals surface area contributed by atoms with E-state index in [1.54, 1.807) is 41.2 Å². The number of rotatable bonds is 5. The number of nitrogens with zero attached hydrogens (tertiary/aromatic N) is 3. The highest BCUT2D eigenvalue weighted by atomic mass is 16.5. The van der Waals surface area contributed by atoms with Gasteiger partial charge in [0.2, 0.25) is 11.8 Å². The summed E-state index contributed by atoms with van der Waals surface area (Å²) in [5.41, 5.74) is 0.553. The molecule has 1 atom stereocenters. The molecule has 0 spiro atoms. The van der Waals surface area contributed by atoms with Crippen molar-refractivity contribution in [2.45, 2.75) is 6.42 Å². The number of amides is 3. The van der Waals surface area contributed by atoms with Gasteiger partial charge < -0.3 is 29.2 Å². The molecule has 2 aliphatic heterocycles. The molecular formula is C23H26N4O6. The van der Waals surface area contributed by atoms with E-state index in [2.05, 4.69) is 5.32 Å². The van der Waals surface area contributed by atoms with Crippen LogP contribution in [0.4, 0.5) is 11.4 Å². The number of aryl methyl sites for hydroxylation is 1. The molecule has 10 nitrogen and oxygen atoms in total. The predicted octanol–water partition coefficient (Wildman–Crippen LogP) is 0.858. The first-order chi connectivity index (χ1) is 15.9. The Morgan fingerprint density at radius 3 is 2.48 bits per heavy atom. The molecule has 10 heteroatoms. The molecule has 2 fully saturated rings. The van der Waals surface area contributed by atoms with Crippen LogP contribution in [0.15, 0.2) is 41.3 Å². The maximum Gasteiger partial charge on any atom is 0.274 e. The second-order valence-electron chi connectivity index (χ2n) is 8.06. The van der Waals surface area contributed by atoms with Gasteiger partial charge in [-0.05, 0) is 30.3 Å². The molecule has 1 unspecified atom stereocenters. The number of hydrogen-bond donors (Lipinski definition) is 1. The van der Waals surface area contributed by atoms with E-state index in [-0.39, 0.29) is 30.5 Å². The van der Waals surface area contributed by atoms with E-state index in [9.17, 15) is 19.2 Å². The summed E-state index contributed by atoms with van der Waals surface area (Å²) in [5, 5.41) is 2.64. The zero-order valence-electron chi connectivity index (χ0n) is 18.6. The molecule has 2 saturated heterocycles. The van der Waals surface area contributed by atoms with Crippen molar-refractivity contribution in [3.63, 3.8) is 0 Å². The number of methoxy groups -OCH3 is 1. The van der Waals surface area contributed by atoms with Gasteiger partial charge in [-0.15, -0.1) is 0 Å². The van der Waals surface area contributed by atoms with E-state index in [4.69, 9.17) is 9.47 Å². The molecule has 0 radical (unpaired) electrons. The fraction of sp³-hybridized carbons (Fsp3) is 0.391. The number of aromatic nitrogens is 1. The van der Waals surface area contributed by atoms with Crippen LogP contribution >= 0.6 is 0 Å². The van der Waals surface area contributed by atoms with Crippen LogP contribution in [-0.2, 0) is 21.4 Å². The Bertz CT molecular complexity index is 1120. The van der Waals surface area contributed by atoms with Crippen molar-refractivity contribution >= 4 is 29.1 Å². The lowest BCUT2D eigenvalue weighted by Gasteiger charge is -2.27. The first kappa shape index (κ1) is 22.5. The second kappa shape index (κ2) is 9.45. The largest absolute Gasteiger partial charge is 0.497 e. The zero-order chi connectivity index (χ0) is 23.5. The second-order valence-corrected chi connectivity index (χ2v) is 8.06. The van der Waals surface area contributed by atoms with Gasteiger partial charge in [-0.2, -0.15) is 0 Å². The van der Waals surface area contributed by atoms with Gasteiger partial charge in [0.15, 0.2) is 0 Å². The Kier molecular flexibility index (Phi) is 6.45.